The predicted molar refractivity (Wildman–Crippen MR) is 78.2 cm³/mol. The van der Waals surface area contributed by atoms with Gasteiger partial charge in [0.05, 0.1) is 12.6 Å². The second-order valence-electron chi connectivity index (χ2n) is 4.97. The van der Waals surface area contributed by atoms with E-state index in [1.54, 1.807) is 6.92 Å². The van der Waals surface area contributed by atoms with E-state index in [0.29, 0.717) is 6.54 Å². The van der Waals surface area contributed by atoms with Gasteiger partial charge in [-0.25, -0.2) is 0 Å². The minimum atomic E-state index is -0.543. The van der Waals surface area contributed by atoms with Gasteiger partial charge in [0.25, 0.3) is 0 Å². The van der Waals surface area contributed by atoms with Gasteiger partial charge >= 0.3 is 0 Å². The summed E-state index contributed by atoms with van der Waals surface area (Å²) in [5, 5.41) is 12.7. The van der Waals surface area contributed by atoms with Crippen molar-refractivity contribution < 1.29 is 9.90 Å². The molecular weight excluding hydrogens is 240 g/mol. The summed E-state index contributed by atoms with van der Waals surface area (Å²) < 4.78 is 0. The number of nitrogens with zero attached hydrogens (tertiary/aromatic N) is 1. The maximum absolute atomic E-state index is 11.9. The van der Waals surface area contributed by atoms with Gasteiger partial charge in [0.2, 0.25) is 5.91 Å². The second-order valence-corrected chi connectivity index (χ2v) is 4.97. The zero-order valence-electron chi connectivity index (χ0n) is 12.2. The average Bonchev–Trinajstić information content (AvgIpc) is 2.35. The van der Waals surface area contributed by atoms with Crippen molar-refractivity contribution in [1.82, 2.24) is 5.32 Å². The zero-order chi connectivity index (χ0) is 14.4. The summed E-state index contributed by atoms with van der Waals surface area (Å²) in [5.41, 5.74) is 1.76. The van der Waals surface area contributed by atoms with Crippen LogP contribution in [0.25, 0.3) is 0 Å². The first kappa shape index (κ1) is 15.5. The van der Waals surface area contributed by atoms with Gasteiger partial charge in [-0.05, 0) is 33.8 Å². The van der Waals surface area contributed by atoms with Crippen LogP contribution in [-0.4, -0.2) is 30.1 Å². The van der Waals surface area contributed by atoms with Crippen molar-refractivity contribution in [3.8, 4) is 0 Å². The number of para-hydroxylation sites is 1. The Bertz CT molecular complexity index is 416. The molecule has 0 aromatic heterocycles. The molecule has 0 spiro atoms. The Morgan fingerprint density at radius 2 is 1.95 bits per heavy atom. The predicted octanol–water partition coefficient (Wildman–Crippen LogP) is 2.09. The smallest absolute Gasteiger partial charge is 0.239 e. The summed E-state index contributed by atoms with van der Waals surface area (Å²) in [5.74, 6) is -0.00255. The molecule has 0 fully saturated rings. The van der Waals surface area contributed by atoms with Gasteiger partial charge in [-0.2, -0.15) is 0 Å². The number of aliphatic hydroxyl groups is 1. The zero-order valence-corrected chi connectivity index (χ0v) is 12.2. The maximum atomic E-state index is 11.9. The fraction of sp³-hybridized carbons (Fsp3) is 0.533. The lowest BCUT2D eigenvalue weighted by atomic mass is 10.1. The molecule has 0 saturated heterocycles. The van der Waals surface area contributed by atoms with Crippen LogP contribution in [0.5, 0.6) is 0 Å². The number of carbonyl (C=O) groups excluding carboxylic acids is 1. The van der Waals surface area contributed by atoms with Crippen LogP contribution in [0.2, 0.25) is 0 Å². The lowest BCUT2D eigenvalue weighted by Gasteiger charge is -2.26. The molecule has 1 amide bonds. The third-order valence-corrected chi connectivity index (χ3v) is 2.89. The lowest BCUT2D eigenvalue weighted by molar-refractivity contribution is -0.120. The molecule has 1 aromatic carbocycles. The largest absolute Gasteiger partial charge is 0.389 e. The summed E-state index contributed by atoms with van der Waals surface area (Å²) in [6.45, 7) is 8.64. The molecule has 1 atom stereocenters. The van der Waals surface area contributed by atoms with Crippen LogP contribution in [0, 0.1) is 0 Å². The summed E-state index contributed by atoms with van der Waals surface area (Å²) >= 11 is 0. The molecule has 1 aromatic rings. The molecule has 0 radical (unpaired) electrons. The van der Waals surface area contributed by atoms with Gasteiger partial charge in [-0.1, -0.05) is 18.2 Å². The minimum absolute atomic E-state index is 0.00255. The SMILES string of the molecule is CCN(CC(=O)NC(C)C)c1ccccc1[C@H](C)O. The number of benzene rings is 1. The van der Waals surface area contributed by atoms with E-state index < -0.39 is 6.10 Å². The lowest BCUT2D eigenvalue weighted by Crippen LogP contribution is -2.40. The fourth-order valence-corrected chi connectivity index (χ4v) is 2.04. The Morgan fingerprint density at radius 3 is 2.47 bits per heavy atom. The molecule has 0 saturated carbocycles. The van der Waals surface area contributed by atoms with Crippen LogP contribution in [0.1, 0.15) is 39.4 Å². The number of anilines is 1. The van der Waals surface area contributed by atoms with Gasteiger partial charge in [0.15, 0.2) is 0 Å². The van der Waals surface area contributed by atoms with Crippen molar-refractivity contribution in [1.29, 1.82) is 0 Å². The van der Waals surface area contributed by atoms with E-state index in [4.69, 9.17) is 0 Å². The number of nitrogens with one attached hydrogen (secondary N) is 1. The van der Waals surface area contributed by atoms with Crippen molar-refractivity contribution in [3.63, 3.8) is 0 Å². The van der Waals surface area contributed by atoms with Crippen LogP contribution >= 0.6 is 0 Å². The van der Waals surface area contributed by atoms with Crippen LogP contribution in [-0.2, 0) is 4.79 Å². The number of carbonyl (C=O) groups is 1. The van der Waals surface area contributed by atoms with E-state index in [-0.39, 0.29) is 11.9 Å². The Hall–Kier alpha value is -1.55. The molecular formula is C15H24N2O2. The summed E-state index contributed by atoms with van der Waals surface area (Å²) in [7, 11) is 0. The molecule has 4 heteroatoms. The van der Waals surface area contributed by atoms with Crippen molar-refractivity contribution in [2.45, 2.75) is 39.8 Å². The normalized spacial score (nSPS) is 12.3. The van der Waals surface area contributed by atoms with Gasteiger partial charge in [-0.3, -0.25) is 4.79 Å². The first-order valence-corrected chi connectivity index (χ1v) is 6.77. The summed E-state index contributed by atoms with van der Waals surface area (Å²) in [4.78, 5) is 13.8. The highest BCUT2D eigenvalue weighted by atomic mass is 16.3. The monoisotopic (exact) mass is 264 g/mol. The first-order valence-electron chi connectivity index (χ1n) is 6.77. The molecule has 0 aliphatic rings. The molecule has 0 heterocycles. The number of amides is 1. The molecule has 0 aliphatic heterocycles. The Morgan fingerprint density at radius 1 is 1.32 bits per heavy atom. The van der Waals surface area contributed by atoms with Crippen molar-refractivity contribution in [3.05, 3.63) is 29.8 Å². The van der Waals surface area contributed by atoms with Crippen LogP contribution in [0.3, 0.4) is 0 Å². The molecule has 0 bridgehead atoms. The van der Waals surface area contributed by atoms with Crippen molar-refractivity contribution in [2.24, 2.45) is 0 Å². The molecule has 4 nitrogen and oxygen atoms in total. The summed E-state index contributed by atoms with van der Waals surface area (Å²) in [6.07, 6.45) is -0.543. The fourth-order valence-electron chi connectivity index (χ4n) is 2.04. The van der Waals surface area contributed by atoms with E-state index in [1.807, 2.05) is 49.9 Å². The number of hydrogen-bond donors (Lipinski definition) is 2. The third kappa shape index (κ3) is 4.56. The standard InChI is InChI=1S/C15H24N2O2/c1-5-17(10-15(19)16-11(2)3)14-9-7-6-8-13(14)12(4)18/h6-9,11-12,18H,5,10H2,1-4H3,(H,16,19)/t12-/m0/s1. The Kier molecular flexibility index (Phi) is 5.83. The number of likely N-dealkylation sites (N-methyl/N-ethyl adjacent to an activating group) is 1. The Balaban J connectivity index is 2.88. The summed E-state index contributed by atoms with van der Waals surface area (Å²) in [6, 6.07) is 7.79. The molecule has 0 unspecified atom stereocenters. The van der Waals surface area contributed by atoms with E-state index in [2.05, 4.69) is 5.32 Å². The Labute approximate surface area is 115 Å². The molecule has 0 aliphatic carbocycles. The maximum Gasteiger partial charge on any atom is 0.239 e. The number of rotatable bonds is 6. The topological polar surface area (TPSA) is 52.6 Å². The minimum Gasteiger partial charge on any atom is -0.389 e. The van der Waals surface area contributed by atoms with Crippen LogP contribution in [0.4, 0.5) is 5.69 Å². The molecule has 2 N–H and O–H groups in total. The molecule has 1 rings (SSSR count). The van der Waals surface area contributed by atoms with E-state index in [9.17, 15) is 9.90 Å². The average molecular weight is 264 g/mol. The number of aliphatic hydroxyl groups excluding tert-OH is 1. The van der Waals surface area contributed by atoms with Gasteiger partial charge in [0.1, 0.15) is 0 Å². The second kappa shape index (κ2) is 7.14. The van der Waals surface area contributed by atoms with Crippen LogP contribution < -0.4 is 10.2 Å². The van der Waals surface area contributed by atoms with E-state index in [1.165, 1.54) is 0 Å². The number of hydrogen-bond acceptors (Lipinski definition) is 3. The van der Waals surface area contributed by atoms with E-state index in [0.717, 1.165) is 17.8 Å². The highest BCUT2D eigenvalue weighted by molar-refractivity contribution is 5.81. The first-order chi connectivity index (χ1) is 8.95. The van der Waals surface area contributed by atoms with Gasteiger partial charge < -0.3 is 15.3 Å². The van der Waals surface area contributed by atoms with Crippen LogP contribution in [0.15, 0.2) is 24.3 Å². The van der Waals surface area contributed by atoms with Crippen molar-refractivity contribution in [2.75, 3.05) is 18.0 Å². The quantitative estimate of drug-likeness (QED) is 0.827. The highest BCUT2D eigenvalue weighted by Gasteiger charge is 2.15. The van der Waals surface area contributed by atoms with E-state index >= 15 is 0 Å². The van der Waals surface area contributed by atoms with Gasteiger partial charge in [0, 0.05) is 23.8 Å². The highest BCUT2D eigenvalue weighted by Crippen LogP contribution is 2.25. The molecule has 106 valence electrons. The van der Waals surface area contributed by atoms with Gasteiger partial charge in [-0.15, -0.1) is 0 Å². The molecule has 19 heavy (non-hydrogen) atoms. The van der Waals surface area contributed by atoms with Crippen molar-refractivity contribution >= 4 is 11.6 Å². The third-order valence-electron chi connectivity index (χ3n) is 2.89.